The minimum absolute atomic E-state index is 1.03. The van der Waals surface area contributed by atoms with E-state index in [-0.39, 0.29) is 0 Å². The predicted octanol–water partition coefficient (Wildman–Crippen LogP) is 2.26. The highest BCUT2D eigenvalue weighted by atomic mass is 19.1. The lowest BCUT2D eigenvalue weighted by Crippen LogP contribution is -1.88. The Balaban J connectivity index is 3.34. The second-order valence-electron chi connectivity index (χ2n) is 1.74. The van der Waals surface area contributed by atoms with Crippen molar-refractivity contribution in [1.29, 1.82) is 0 Å². The van der Waals surface area contributed by atoms with E-state index in [1.54, 1.807) is 0 Å². The third-order valence-electron chi connectivity index (χ3n) is 0.641. The fraction of sp³-hybridized carbons (Fsp3) is 0.667. The zero-order valence-electron chi connectivity index (χ0n) is 5.07. The van der Waals surface area contributed by atoms with Crippen LogP contribution in [0, 0.1) is 0 Å². The topological polar surface area (TPSA) is 0 Å². The first-order valence-electron chi connectivity index (χ1n) is 2.59. The quantitative estimate of drug-likeness (QED) is 0.490. The van der Waals surface area contributed by atoms with E-state index < -0.39 is 12.3 Å². The van der Waals surface area contributed by atoms with Crippen LogP contribution in [0.5, 0.6) is 0 Å². The Morgan fingerprint density at radius 2 is 1.25 bits per heavy atom. The van der Waals surface area contributed by atoms with Gasteiger partial charge in [-0.05, 0) is 13.8 Å². The lowest BCUT2D eigenvalue weighted by atomic mass is 10.3. The van der Waals surface area contributed by atoms with E-state index in [2.05, 4.69) is 0 Å². The first-order valence-corrected chi connectivity index (χ1v) is 2.59. The molecule has 2 heteroatoms. The van der Waals surface area contributed by atoms with Crippen LogP contribution in [0.4, 0.5) is 8.78 Å². The maximum Gasteiger partial charge on any atom is 0.116 e. The summed E-state index contributed by atoms with van der Waals surface area (Å²) in [6.45, 7) is 2.72. The summed E-state index contributed by atoms with van der Waals surface area (Å²) >= 11 is 0. The van der Waals surface area contributed by atoms with Crippen molar-refractivity contribution in [3.63, 3.8) is 0 Å². The summed E-state index contributed by atoms with van der Waals surface area (Å²) in [7, 11) is 0. The van der Waals surface area contributed by atoms with Crippen LogP contribution >= 0.6 is 0 Å². The van der Waals surface area contributed by atoms with Gasteiger partial charge >= 0.3 is 0 Å². The Kier molecular flexibility index (Phi) is 3.40. The molecule has 0 N–H and O–H groups in total. The van der Waals surface area contributed by atoms with Crippen molar-refractivity contribution in [2.24, 2.45) is 0 Å². The molecular weight excluding hydrogens is 110 g/mol. The fourth-order valence-corrected chi connectivity index (χ4v) is 0.306. The van der Waals surface area contributed by atoms with Gasteiger partial charge < -0.3 is 0 Å². The molecule has 0 bridgehead atoms. The summed E-state index contributed by atoms with van der Waals surface area (Å²) in [5.74, 6) is 0. The SMILES string of the molecule is CC(F)C=CC(C)F. The molecular formula is C6H10F2. The Morgan fingerprint density at radius 3 is 1.38 bits per heavy atom. The van der Waals surface area contributed by atoms with Crippen LogP contribution in [0.15, 0.2) is 12.2 Å². The maximum atomic E-state index is 11.8. The lowest BCUT2D eigenvalue weighted by molar-refractivity contribution is 0.408. The van der Waals surface area contributed by atoms with E-state index in [4.69, 9.17) is 0 Å². The van der Waals surface area contributed by atoms with Gasteiger partial charge in [-0.1, -0.05) is 12.2 Å². The summed E-state index contributed by atoms with van der Waals surface area (Å²) in [4.78, 5) is 0. The van der Waals surface area contributed by atoms with Crippen molar-refractivity contribution < 1.29 is 8.78 Å². The second-order valence-corrected chi connectivity index (χ2v) is 1.74. The molecule has 2 unspecified atom stereocenters. The molecule has 0 aromatic heterocycles. The van der Waals surface area contributed by atoms with Crippen molar-refractivity contribution in [3.8, 4) is 0 Å². The molecule has 0 aliphatic rings. The van der Waals surface area contributed by atoms with E-state index in [0.29, 0.717) is 0 Å². The van der Waals surface area contributed by atoms with E-state index in [1.165, 1.54) is 26.0 Å². The van der Waals surface area contributed by atoms with Gasteiger partial charge in [0.05, 0.1) is 0 Å². The monoisotopic (exact) mass is 120 g/mol. The molecule has 0 spiro atoms. The van der Waals surface area contributed by atoms with Gasteiger partial charge in [0.15, 0.2) is 0 Å². The minimum atomic E-state index is -1.03. The molecule has 0 aromatic carbocycles. The summed E-state index contributed by atoms with van der Waals surface area (Å²) in [6.07, 6.45) is 0.330. The van der Waals surface area contributed by atoms with Gasteiger partial charge in [-0.3, -0.25) is 0 Å². The number of hydrogen-bond donors (Lipinski definition) is 0. The van der Waals surface area contributed by atoms with E-state index in [0.717, 1.165) is 0 Å². The Morgan fingerprint density at radius 1 is 1.00 bits per heavy atom. The maximum absolute atomic E-state index is 11.8. The Bertz CT molecular complexity index is 64.6. The van der Waals surface area contributed by atoms with Gasteiger partial charge in [0.1, 0.15) is 12.3 Å². The molecule has 0 rings (SSSR count). The fourth-order valence-electron chi connectivity index (χ4n) is 0.306. The van der Waals surface area contributed by atoms with Crippen LogP contribution < -0.4 is 0 Å². The number of alkyl halides is 2. The molecule has 0 saturated carbocycles. The smallest absolute Gasteiger partial charge is 0.116 e. The van der Waals surface area contributed by atoms with Crippen LogP contribution in [0.25, 0.3) is 0 Å². The van der Waals surface area contributed by atoms with Crippen LogP contribution in [0.1, 0.15) is 13.8 Å². The normalized spacial score (nSPS) is 19.0. The number of allylic oxidation sites excluding steroid dienone is 2. The number of halogens is 2. The van der Waals surface area contributed by atoms with Gasteiger partial charge in [0, 0.05) is 0 Å². The van der Waals surface area contributed by atoms with Gasteiger partial charge in [-0.25, -0.2) is 8.78 Å². The van der Waals surface area contributed by atoms with Crippen molar-refractivity contribution in [2.75, 3.05) is 0 Å². The summed E-state index contributed by atoms with van der Waals surface area (Å²) < 4.78 is 23.6. The lowest BCUT2D eigenvalue weighted by Gasteiger charge is -1.90. The average Bonchev–Trinajstić information content (AvgIpc) is 1.61. The van der Waals surface area contributed by atoms with Gasteiger partial charge in [0.2, 0.25) is 0 Å². The molecule has 0 heterocycles. The molecule has 0 aliphatic heterocycles. The largest absolute Gasteiger partial charge is 0.243 e. The average molecular weight is 120 g/mol. The molecule has 0 radical (unpaired) electrons. The predicted molar refractivity (Wildman–Crippen MR) is 30.3 cm³/mol. The highest BCUT2D eigenvalue weighted by Crippen LogP contribution is 1.94. The highest BCUT2D eigenvalue weighted by Gasteiger charge is 1.91. The number of hydrogen-bond acceptors (Lipinski definition) is 0. The van der Waals surface area contributed by atoms with Crippen LogP contribution in [0.2, 0.25) is 0 Å². The summed E-state index contributed by atoms with van der Waals surface area (Å²) in [5, 5.41) is 0. The van der Waals surface area contributed by atoms with Gasteiger partial charge in [-0.15, -0.1) is 0 Å². The van der Waals surface area contributed by atoms with Crippen molar-refractivity contribution >= 4 is 0 Å². The molecule has 0 amide bonds. The molecule has 2 atom stereocenters. The third kappa shape index (κ3) is 5.60. The molecule has 0 aliphatic carbocycles. The molecule has 0 saturated heterocycles. The van der Waals surface area contributed by atoms with Crippen molar-refractivity contribution in [2.45, 2.75) is 26.2 Å². The first kappa shape index (κ1) is 7.60. The van der Waals surface area contributed by atoms with Crippen LogP contribution in [0.3, 0.4) is 0 Å². The molecule has 8 heavy (non-hydrogen) atoms. The second kappa shape index (κ2) is 3.58. The number of rotatable bonds is 2. The van der Waals surface area contributed by atoms with E-state index in [9.17, 15) is 8.78 Å². The first-order chi connectivity index (χ1) is 3.63. The summed E-state index contributed by atoms with van der Waals surface area (Å²) in [5.41, 5.74) is 0. The zero-order valence-corrected chi connectivity index (χ0v) is 5.07. The van der Waals surface area contributed by atoms with Gasteiger partial charge in [0.25, 0.3) is 0 Å². The van der Waals surface area contributed by atoms with Crippen molar-refractivity contribution in [3.05, 3.63) is 12.2 Å². The molecule has 0 fully saturated rings. The summed E-state index contributed by atoms with van der Waals surface area (Å²) in [6, 6.07) is 0. The Labute approximate surface area is 48.2 Å². The van der Waals surface area contributed by atoms with Gasteiger partial charge in [-0.2, -0.15) is 0 Å². The third-order valence-corrected chi connectivity index (χ3v) is 0.641. The van der Waals surface area contributed by atoms with E-state index in [1.807, 2.05) is 0 Å². The zero-order chi connectivity index (χ0) is 6.57. The van der Waals surface area contributed by atoms with E-state index >= 15 is 0 Å². The molecule has 0 aromatic rings. The van der Waals surface area contributed by atoms with Crippen LogP contribution in [-0.4, -0.2) is 12.3 Å². The van der Waals surface area contributed by atoms with Crippen molar-refractivity contribution in [1.82, 2.24) is 0 Å². The molecule has 0 nitrogen and oxygen atoms in total. The Hall–Kier alpha value is -0.400. The minimum Gasteiger partial charge on any atom is -0.243 e. The van der Waals surface area contributed by atoms with Crippen LogP contribution in [-0.2, 0) is 0 Å². The highest BCUT2D eigenvalue weighted by molar-refractivity contribution is 4.90. The standard InChI is InChI=1S/C6H10F2/c1-5(7)3-4-6(2)8/h3-6H,1-2H3. The molecule has 48 valence electrons.